The Balaban J connectivity index is 1.46. The van der Waals surface area contributed by atoms with Crippen LogP contribution in [0.1, 0.15) is 22.7 Å². The largest absolute Gasteiger partial charge is 0.493 e. The zero-order valence-electron chi connectivity index (χ0n) is 17.1. The maximum atomic E-state index is 6.24. The highest BCUT2D eigenvalue weighted by Crippen LogP contribution is 2.36. The van der Waals surface area contributed by atoms with E-state index in [9.17, 15) is 0 Å². The van der Waals surface area contributed by atoms with E-state index < -0.39 is 0 Å². The molecule has 5 rings (SSSR count). The topological polar surface area (TPSA) is 87.0 Å². The highest BCUT2D eigenvalue weighted by molar-refractivity contribution is 6.31. The smallest absolute Gasteiger partial charge is 0.248 e. The monoisotopic (exact) mass is 446 g/mol. The molecule has 1 aliphatic heterocycles. The van der Waals surface area contributed by atoms with Crippen LogP contribution >= 0.6 is 11.6 Å². The summed E-state index contributed by atoms with van der Waals surface area (Å²) in [5.74, 6) is 1.78. The molecule has 1 atom stereocenters. The number of nitrogens with one attached hydrogen (secondary N) is 1. The Kier molecular flexibility index (Phi) is 5.43. The number of benzene rings is 2. The summed E-state index contributed by atoms with van der Waals surface area (Å²) in [6.07, 6.45) is 5.58. The average molecular weight is 447 g/mol. The SMILES string of the molecule is COc1cc([C@H]2C=C(c3cccnc3)Nc3nnnn32)ccc1OCc1ccccc1Cl. The van der Waals surface area contributed by atoms with Crippen LogP contribution < -0.4 is 14.8 Å². The second-order valence-electron chi connectivity index (χ2n) is 7.13. The van der Waals surface area contributed by atoms with E-state index in [-0.39, 0.29) is 6.04 Å². The number of ether oxygens (including phenoxy) is 2. The van der Waals surface area contributed by atoms with E-state index in [0.29, 0.717) is 29.1 Å². The van der Waals surface area contributed by atoms with Crippen LogP contribution in [-0.2, 0) is 6.61 Å². The quantitative estimate of drug-likeness (QED) is 0.470. The molecule has 0 fully saturated rings. The number of rotatable bonds is 6. The number of hydrogen-bond donors (Lipinski definition) is 1. The van der Waals surface area contributed by atoms with Crippen molar-refractivity contribution < 1.29 is 9.47 Å². The van der Waals surface area contributed by atoms with Gasteiger partial charge in [-0.05, 0) is 52.4 Å². The molecule has 0 aliphatic carbocycles. The average Bonchev–Trinajstić information content (AvgIpc) is 3.32. The molecular weight excluding hydrogens is 428 g/mol. The van der Waals surface area contributed by atoms with Gasteiger partial charge in [-0.15, -0.1) is 0 Å². The van der Waals surface area contributed by atoms with Crippen molar-refractivity contribution in [1.29, 1.82) is 0 Å². The lowest BCUT2D eigenvalue weighted by Crippen LogP contribution is -2.20. The van der Waals surface area contributed by atoms with Crippen LogP contribution in [0.4, 0.5) is 5.95 Å². The zero-order valence-corrected chi connectivity index (χ0v) is 17.9. The molecule has 0 bridgehead atoms. The maximum Gasteiger partial charge on any atom is 0.248 e. The molecule has 2 aromatic heterocycles. The van der Waals surface area contributed by atoms with Crippen LogP contribution in [0.15, 0.2) is 73.1 Å². The van der Waals surface area contributed by atoms with Crippen LogP contribution in [0, 0.1) is 0 Å². The van der Waals surface area contributed by atoms with Gasteiger partial charge < -0.3 is 14.8 Å². The summed E-state index contributed by atoms with van der Waals surface area (Å²) < 4.78 is 13.3. The minimum absolute atomic E-state index is 0.233. The van der Waals surface area contributed by atoms with Gasteiger partial charge in [0.05, 0.1) is 7.11 Å². The molecule has 3 heterocycles. The lowest BCUT2D eigenvalue weighted by atomic mass is 10.0. The van der Waals surface area contributed by atoms with E-state index in [4.69, 9.17) is 21.1 Å². The van der Waals surface area contributed by atoms with Gasteiger partial charge in [-0.2, -0.15) is 4.68 Å². The molecule has 160 valence electrons. The first kappa shape index (κ1) is 20.0. The molecule has 0 saturated heterocycles. The summed E-state index contributed by atoms with van der Waals surface area (Å²) >= 11 is 6.24. The van der Waals surface area contributed by atoms with Crippen molar-refractivity contribution in [1.82, 2.24) is 25.2 Å². The molecule has 0 spiro atoms. The number of allylic oxidation sites excluding steroid dienone is 1. The number of halogens is 1. The molecule has 8 nitrogen and oxygen atoms in total. The van der Waals surface area contributed by atoms with E-state index >= 15 is 0 Å². The number of tetrazole rings is 1. The number of aromatic nitrogens is 5. The molecule has 1 N–H and O–H groups in total. The first-order valence-electron chi connectivity index (χ1n) is 9.94. The van der Waals surface area contributed by atoms with Gasteiger partial charge in [0.2, 0.25) is 5.95 Å². The summed E-state index contributed by atoms with van der Waals surface area (Å²) in [6, 6.07) is 17.0. The minimum Gasteiger partial charge on any atom is -0.493 e. The van der Waals surface area contributed by atoms with Gasteiger partial charge in [0.25, 0.3) is 0 Å². The van der Waals surface area contributed by atoms with Gasteiger partial charge in [-0.3, -0.25) is 4.98 Å². The normalized spacial score (nSPS) is 14.8. The third-order valence-electron chi connectivity index (χ3n) is 5.17. The standard InChI is InChI=1S/C23H19ClN6O2/c1-31-22-11-15(8-9-21(22)32-14-17-5-2-3-7-18(17)24)20-12-19(16-6-4-10-25-13-16)26-23-27-28-29-30(20)23/h2-13,20H,14H2,1H3,(H,26,27,29)/t20-/m1/s1. The van der Waals surface area contributed by atoms with Crippen molar-refractivity contribution in [2.75, 3.05) is 12.4 Å². The summed E-state index contributed by atoms with van der Waals surface area (Å²) in [5.41, 5.74) is 3.67. The highest BCUT2D eigenvalue weighted by atomic mass is 35.5. The molecule has 1 aliphatic rings. The van der Waals surface area contributed by atoms with Crippen LogP contribution in [0.3, 0.4) is 0 Å². The molecule has 2 aromatic carbocycles. The van der Waals surface area contributed by atoms with Crippen LogP contribution in [0.5, 0.6) is 11.5 Å². The van der Waals surface area contributed by atoms with Gasteiger partial charge >= 0.3 is 0 Å². The molecule has 0 radical (unpaired) electrons. The van der Waals surface area contributed by atoms with Crippen molar-refractivity contribution in [3.8, 4) is 11.5 Å². The van der Waals surface area contributed by atoms with E-state index in [2.05, 4.69) is 31.9 Å². The third-order valence-corrected chi connectivity index (χ3v) is 5.54. The Labute approximate surface area is 189 Å². The van der Waals surface area contributed by atoms with Crippen molar-refractivity contribution >= 4 is 23.2 Å². The van der Waals surface area contributed by atoms with E-state index in [1.165, 1.54) is 0 Å². The van der Waals surface area contributed by atoms with Crippen molar-refractivity contribution in [2.45, 2.75) is 12.6 Å². The summed E-state index contributed by atoms with van der Waals surface area (Å²) in [7, 11) is 1.61. The summed E-state index contributed by atoms with van der Waals surface area (Å²) in [6.45, 7) is 0.338. The molecule has 0 saturated carbocycles. The van der Waals surface area contributed by atoms with Crippen LogP contribution in [-0.4, -0.2) is 32.3 Å². The van der Waals surface area contributed by atoms with E-state index in [1.807, 2.05) is 54.6 Å². The van der Waals surface area contributed by atoms with E-state index in [1.54, 1.807) is 24.2 Å². The number of fused-ring (bicyclic) bond motifs is 1. The highest BCUT2D eigenvalue weighted by Gasteiger charge is 2.25. The van der Waals surface area contributed by atoms with Crippen LogP contribution in [0.25, 0.3) is 5.70 Å². The van der Waals surface area contributed by atoms with Gasteiger partial charge in [-0.25, -0.2) is 0 Å². The predicted molar refractivity (Wildman–Crippen MR) is 121 cm³/mol. The fourth-order valence-corrected chi connectivity index (χ4v) is 3.73. The van der Waals surface area contributed by atoms with E-state index in [0.717, 1.165) is 22.4 Å². The lowest BCUT2D eigenvalue weighted by molar-refractivity contribution is 0.284. The zero-order chi connectivity index (χ0) is 21.9. The van der Waals surface area contributed by atoms with Crippen molar-refractivity contribution in [3.63, 3.8) is 0 Å². The molecule has 0 amide bonds. The number of anilines is 1. The van der Waals surface area contributed by atoms with Gasteiger partial charge in [0.1, 0.15) is 12.6 Å². The van der Waals surface area contributed by atoms with Crippen molar-refractivity contribution in [3.05, 3.63) is 94.8 Å². The minimum atomic E-state index is -0.233. The van der Waals surface area contributed by atoms with Crippen LogP contribution in [0.2, 0.25) is 5.02 Å². The summed E-state index contributed by atoms with van der Waals surface area (Å²) in [5, 5.41) is 16.0. The van der Waals surface area contributed by atoms with Gasteiger partial charge in [-0.1, -0.05) is 41.0 Å². The first-order chi connectivity index (χ1) is 15.7. The lowest BCUT2D eigenvalue weighted by Gasteiger charge is -2.24. The van der Waals surface area contributed by atoms with Gasteiger partial charge in [0.15, 0.2) is 11.5 Å². The number of hydrogen-bond acceptors (Lipinski definition) is 7. The number of pyridine rings is 1. The maximum absolute atomic E-state index is 6.24. The molecule has 9 heteroatoms. The fraction of sp³-hybridized carbons (Fsp3) is 0.130. The number of methoxy groups -OCH3 is 1. The first-order valence-corrected chi connectivity index (χ1v) is 10.3. The Hall–Kier alpha value is -3.91. The second-order valence-corrected chi connectivity index (χ2v) is 7.54. The Morgan fingerprint density at radius 2 is 2.00 bits per heavy atom. The molecule has 32 heavy (non-hydrogen) atoms. The molecule has 0 unspecified atom stereocenters. The third kappa shape index (κ3) is 3.88. The number of nitrogens with zero attached hydrogens (tertiary/aromatic N) is 5. The summed E-state index contributed by atoms with van der Waals surface area (Å²) in [4.78, 5) is 4.21. The fourth-order valence-electron chi connectivity index (χ4n) is 3.54. The Morgan fingerprint density at radius 1 is 1.09 bits per heavy atom. The Morgan fingerprint density at radius 3 is 2.81 bits per heavy atom. The van der Waals surface area contributed by atoms with Gasteiger partial charge in [0, 0.05) is 34.2 Å². The Bertz CT molecular complexity index is 1270. The molecular formula is C23H19ClN6O2. The second kappa shape index (κ2) is 8.68. The molecule has 4 aromatic rings. The van der Waals surface area contributed by atoms with Crippen molar-refractivity contribution in [2.24, 2.45) is 0 Å². The predicted octanol–water partition coefficient (Wildman–Crippen LogP) is 4.37.